The molecule has 2 aromatic rings. The average molecular weight is 450 g/mol. The van der Waals surface area contributed by atoms with E-state index in [1.54, 1.807) is 0 Å². The monoisotopic (exact) mass is 450 g/mol. The van der Waals surface area contributed by atoms with E-state index in [1.807, 2.05) is 24.3 Å². The minimum Gasteiger partial charge on any atom is -0.479 e. The fraction of sp³-hybridized carbons (Fsp3) is 0.400. The molecule has 2 amide bonds. The van der Waals surface area contributed by atoms with Gasteiger partial charge in [0, 0.05) is 17.9 Å². The molecule has 2 saturated carbocycles. The molecule has 33 heavy (non-hydrogen) atoms. The van der Waals surface area contributed by atoms with E-state index in [0.717, 1.165) is 12.8 Å². The predicted molar refractivity (Wildman–Crippen MR) is 118 cm³/mol. The van der Waals surface area contributed by atoms with Gasteiger partial charge in [0.2, 0.25) is 5.91 Å². The van der Waals surface area contributed by atoms with Crippen LogP contribution in [0.3, 0.4) is 0 Å². The SMILES string of the molecule is O=C(O)CONC(=O)C1CC2CC(NC(=O)OCC3c4ccccc4-c4ccccc43)C2C1. The fourth-order valence-corrected chi connectivity index (χ4v) is 5.65. The van der Waals surface area contributed by atoms with Gasteiger partial charge in [-0.2, -0.15) is 0 Å². The van der Waals surface area contributed by atoms with E-state index in [0.29, 0.717) is 12.3 Å². The lowest BCUT2D eigenvalue weighted by molar-refractivity contribution is -0.150. The number of carbonyl (C=O) groups excluding carboxylic acids is 2. The Kier molecular flexibility index (Phi) is 5.76. The zero-order valence-corrected chi connectivity index (χ0v) is 18.0. The van der Waals surface area contributed by atoms with Crippen molar-refractivity contribution >= 4 is 18.0 Å². The number of aliphatic carboxylic acids is 1. The van der Waals surface area contributed by atoms with Crippen LogP contribution in [0.4, 0.5) is 4.79 Å². The van der Waals surface area contributed by atoms with Crippen LogP contribution in [0.1, 0.15) is 36.3 Å². The second-order valence-corrected chi connectivity index (χ2v) is 9.05. The van der Waals surface area contributed by atoms with Crippen LogP contribution >= 0.6 is 0 Å². The van der Waals surface area contributed by atoms with Gasteiger partial charge < -0.3 is 15.2 Å². The lowest BCUT2D eigenvalue weighted by Crippen LogP contribution is -2.50. The number of carbonyl (C=O) groups is 3. The zero-order valence-electron chi connectivity index (χ0n) is 18.0. The summed E-state index contributed by atoms with van der Waals surface area (Å²) in [7, 11) is 0. The van der Waals surface area contributed by atoms with Crippen molar-refractivity contribution in [3.63, 3.8) is 0 Å². The standard InChI is InChI=1S/C25H26N2O6/c28-23(29)13-33-27-24(30)15-9-14-11-22(20(14)10-15)26-25(31)32-12-21-18-7-3-1-5-16(18)17-6-2-4-8-19(17)21/h1-8,14-15,20-22H,9-13H2,(H,26,31)(H,27,30)(H,28,29). The smallest absolute Gasteiger partial charge is 0.407 e. The molecule has 3 aliphatic rings. The minimum atomic E-state index is -1.14. The lowest BCUT2D eigenvalue weighted by Gasteiger charge is -2.40. The summed E-state index contributed by atoms with van der Waals surface area (Å²) in [4.78, 5) is 39.9. The van der Waals surface area contributed by atoms with E-state index >= 15 is 0 Å². The maximum Gasteiger partial charge on any atom is 0.407 e. The number of ether oxygens (including phenoxy) is 1. The van der Waals surface area contributed by atoms with E-state index in [4.69, 9.17) is 14.7 Å². The van der Waals surface area contributed by atoms with E-state index in [-0.39, 0.29) is 36.3 Å². The van der Waals surface area contributed by atoms with Gasteiger partial charge in [0.25, 0.3) is 0 Å². The number of carboxylic acids is 1. The highest BCUT2D eigenvalue weighted by atomic mass is 16.7. The van der Waals surface area contributed by atoms with Crippen molar-refractivity contribution in [2.75, 3.05) is 13.2 Å². The Morgan fingerprint density at radius 1 is 0.939 bits per heavy atom. The van der Waals surface area contributed by atoms with Gasteiger partial charge in [-0.05, 0) is 53.4 Å². The predicted octanol–water partition coefficient (Wildman–Crippen LogP) is 3.07. The van der Waals surface area contributed by atoms with E-state index in [1.165, 1.54) is 22.3 Å². The minimum absolute atomic E-state index is 0.0108. The number of carboxylic acid groups (broad SMARTS) is 1. The van der Waals surface area contributed by atoms with Crippen LogP contribution in [0.5, 0.6) is 0 Å². The third kappa shape index (κ3) is 4.18. The molecular weight excluding hydrogens is 424 g/mol. The molecule has 0 spiro atoms. The summed E-state index contributed by atoms with van der Waals surface area (Å²) in [6.45, 7) is -0.302. The van der Waals surface area contributed by atoms with Crippen molar-refractivity contribution in [2.24, 2.45) is 17.8 Å². The Morgan fingerprint density at radius 2 is 1.61 bits per heavy atom. The van der Waals surface area contributed by atoms with Crippen LogP contribution in [0.25, 0.3) is 11.1 Å². The summed E-state index contributed by atoms with van der Waals surface area (Å²) >= 11 is 0. The summed E-state index contributed by atoms with van der Waals surface area (Å²) in [5, 5.41) is 11.6. The number of alkyl carbamates (subject to hydrolysis) is 1. The third-order valence-corrected chi connectivity index (χ3v) is 7.21. The van der Waals surface area contributed by atoms with Gasteiger partial charge in [-0.25, -0.2) is 15.1 Å². The van der Waals surface area contributed by atoms with Crippen LogP contribution in [0.15, 0.2) is 48.5 Å². The topological polar surface area (TPSA) is 114 Å². The molecule has 8 nitrogen and oxygen atoms in total. The fourth-order valence-electron chi connectivity index (χ4n) is 5.65. The zero-order chi connectivity index (χ0) is 22.9. The van der Waals surface area contributed by atoms with Crippen LogP contribution in [-0.4, -0.2) is 42.3 Å². The normalized spacial score (nSPS) is 24.7. The molecule has 5 rings (SSSR count). The molecule has 0 saturated heterocycles. The van der Waals surface area contributed by atoms with E-state index in [9.17, 15) is 14.4 Å². The second kappa shape index (κ2) is 8.86. The Balaban J connectivity index is 1.12. The molecule has 2 aromatic carbocycles. The molecule has 0 aliphatic heterocycles. The molecule has 3 N–H and O–H groups in total. The molecule has 4 atom stereocenters. The number of hydrogen-bond donors (Lipinski definition) is 3. The van der Waals surface area contributed by atoms with Crippen molar-refractivity contribution in [3.05, 3.63) is 59.7 Å². The number of rotatable bonds is 7. The Hall–Kier alpha value is -3.39. The maximum atomic E-state index is 12.5. The third-order valence-electron chi connectivity index (χ3n) is 7.21. The number of fused-ring (bicyclic) bond motifs is 4. The van der Waals surface area contributed by atoms with Crippen LogP contribution in [-0.2, 0) is 19.2 Å². The number of hydrogen-bond acceptors (Lipinski definition) is 5. The summed E-state index contributed by atoms with van der Waals surface area (Å²) in [6.07, 6.45) is 1.74. The molecule has 3 aliphatic carbocycles. The van der Waals surface area contributed by atoms with Crippen LogP contribution < -0.4 is 10.8 Å². The maximum absolute atomic E-state index is 12.5. The van der Waals surface area contributed by atoms with Crippen molar-refractivity contribution in [3.8, 4) is 11.1 Å². The van der Waals surface area contributed by atoms with Gasteiger partial charge in [-0.15, -0.1) is 0 Å². The van der Waals surface area contributed by atoms with Crippen molar-refractivity contribution in [2.45, 2.75) is 31.2 Å². The van der Waals surface area contributed by atoms with Gasteiger partial charge in [0.1, 0.15) is 6.61 Å². The quantitative estimate of drug-likeness (QED) is 0.559. The van der Waals surface area contributed by atoms with Gasteiger partial charge in [0.15, 0.2) is 6.61 Å². The van der Waals surface area contributed by atoms with E-state index < -0.39 is 18.7 Å². The van der Waals surface area contributed by atoms with Gasteiger partial charge in [-0.3, -0.25) is 9.63 Å². The number of hydroxylamine groups is 1. The first kappa shape index (κ1) is 21.5. The molecule has 4 unspecified atom stereocenters. The van der Waals surface area contributed by atoms with Crippen molar-refractivity contribution in [1.82, 2.24) is 10.8 Å². The lowest BCUT2D eigenvalue weighted by atomic mass is 9.71. The van der Waals surface area contributed by atoms with Crippen molar-refractivity contribution in [1.29, 1.82) is 0 Å². The van der Waals surface area contributed by atoms with Gasteiger partial charge in [0.05, 0.1) is 0 Å². The highest BCUT2D eigenvalue weighted by Gasteiger charge is 2.50. The molecular formula is C25H26N2O6. The second-order valence-electron chi connectivity index (χ2n) is 9.05. The number of nitrogens with one attached hydrogen (secondary N) is 2. The Bertz CT molecular complexity index is 1040. The number of benzene rings is 2. The highest BCUT2D eigenvalue weighted by molar-refractivity contribution is 5.79. The summed E-state index contributed by atoms with van der Waals surface area (Å²) in [6, 6.07) is 16.4. The first-order valence-corrected chi connectivity index (χ1v) is 11.3. The number of amides is 2. The largest absolute Gasteiger partial charge is 0.479 e. The van der Waals surface area contributed by atoms with Crippen LogP contribution in [0.2, 0.25) is 0 Å². The molecule has 8 heteroatoms. The molecule has 172 valence electrons. The van der Waals surface area contributed by atoms with Crippen LogP contribution in [0, 0.1) is 17.8 Å². The average Bonchev–Trinajstić information content (AvgIpc) is 3.31. The van der Waals surface area contributed by atoms with Gasteiger partial charge >= 0.3 is 12.1 Å². The summed E-state index contributed by atoms with van der Waals surface area (Å²) < 4.78 is 5.64. The van der Waals surface area contributed by atoms with E-state index in [2.05, 4.69) is 35.1 Å². The highest BCUT2D eigenvalue weighted by Crippen LogP contribution is 2.50. The molecule has 0 aromatic heterocycles. The molecule has 0 radical (unpaired) electrons. The first-order chi connectivity index (χ1) is 16.0. The Labute approximate surface area is 191 Å². The van der Waals surface area contributed by atoms with Gasteiger partial charge in [-0.1, -0.05) is 48.5 Å². The molecule has 0 heterocycles. The Morgan fingerprint density at radius 3 is 2.27 bits per heavy atom. The summed E-state index contributed by atoms with van der Waals surface area (Å²) in [5.41, 5.74) is 6.93. The molecule has 2 fully saturated rings. The molecule has 0 bridgehead atoms. The first-order valence-electron chi connectivity index (χ1n) is 11.3. The van der Waals surface area contributed by atoms with Crippen molar-refractivity contribution < 1.29 is 29.1 Å². The summed E-state index contributed by atoms with van der Waals surface area (Å²) in [5.74, 6) is -1.06.